The van der Waals surface area contributed by atoms with Crippen LogP contribution in [0.3, 0.4) is 0 Å². The van der Waals surface area contributed by atoms with Gasteiger partial charge >= 0.3 is 24.1 Å². The minimum atomic E-state index is -0.676. The number of aliphatic hydroxyl groups is 1. The Morgan fingerprint density at radius 1 is 0.729 bits per heavy atom. The highest BCUT2D eigenvalue weighted by atomic mass is 16.6. The molecule has 0 aromatic heterocycles. The van der Waals surface area contributed by atoms with E-state index in [1.807, 2.05) is 60.7 Å². The monoisotopic (exact) mass is 667 g/mol. The molecule has 260 valence electrons. The second-order valence-electron chi connectivity index (χ2n) is 11.5. The molecule has 2 aromatic rings. The van der Waals surface area contributed by atoms with Gasteiger partial charge in [-0.1, -0.05) is 65.8 Å². The van der Waals surface area contributed by atoms with Crippen LogP contribution in [0.2, 0.25) is 0 Å². The van der Waals surface area contributed by atoms with Crippen LogP contribution in [0, 0.1) is 11.8 Å². The van der Waals surface area contributed by atoms with Crippen molar-refractivity contribution < 1.29 is 43.2 Å². The number of esters is 2. The Kier molecular flexibility index (Phi) is 16.0. The van der Waals surface area contributed by atoms with E-state index in [-0.39, 0.29) is 37.0 Å². The van der Waals surface area contributed by atoms with E-state index in [0.29, 0.717) is 51.7 Å². The number of hydrogen-bond acceptors (Lipinski definition) is 10. The largest absolute Gasteiger partial charge is 0.466 e. The Labute approximate surface area is 280 Å². The molecule has 2 fully saturated rings. The molecule has 2 aliphatic carbocycles. The van der Waals surface area contributed by atoms with Gasteiger partial charge in [-0.2, -0.15) is 0 Å². The molecule has 0 unspecified atom stereocenters. The maximum atomic E-state index is 12.1. The number of carbonyl (C=O) groups excluding carboxylic acids is 4. The zero-order valence-corrected chi connectivity index (χ0v) is 27.4. The third kappa shape index (κ3) is 12.8. The fraction of sp³-hybridized carbons (Fsp3) is 0.529. The summed E-state index contributed by atoms with van der Waals surface area (Å²) in [5, 5.41) is 19.1. The molecule has 0 bridgehead atoms. The Hall–Kier alpha value is -4.81. The second-order valence-corrected chi connectivity index (χ2v) is 11.5. The van der Waals surface area contributed by atoms with Gasteiger partial charge < -0.3 is 34.7 Å². The van der Waals surface area contributed by atoms with Gasteiger partial charge in [0.25, 0.3) is 0 Å². The number of hydrogen-bond donors (Lipinski definition) is 3. The molecule has 6 atom stereocenters. The lowest BCUT2D eigenvalue weighted by Crippen LogP contribution is -2.48. The molecular weight excluding hydrogens is 622 g/mol. The molecule has 3 N–H and O–H groups in total. The normalized spacial score (nSPS) is 23.1. The molecule has 2 aliphatic rings. The van der Waals surface area contributed by atoms with E-state index in [2.05, 4.69) is 20.7 Å². The van der Waals surface area contributed by atoms with Crippen molar-refractivity contribution in [3.05, 3.63) is 82.2 Å². The summed E-state index contributed by atoms with van der Waals surface area (Å²) in [6.45, 7) is 4.46. The molecule has 0 heterocycles. The first kappa shape index (κ1) is 37.6. The number of alkyl carbamates (subject to hydrolysis) is 2. The molecule has 14 nitrogen and oxygen atoms in total. The van der Waals surface area contributed by atoms with Crippen molar-refractivity contribution in [1.29, 1.82) is 0 Å². The number of rotatable bonds is 11. The van der Waals surface area contributed by atoms with Crippen LogP contribution in [0.15, 0.2) is 65.8 Å². The first-order valence-corrected chi connectivity index (χ1v) is 16.2. The zero-order valence-electron chi connectivity index (χ0n) is 27.4. The molecule has 2 amide bonds. The maximum absolute atomic E-state index is 12.1. The highest BCUT2D eigenvalue weighted by Crippen LogP contribution is 2.28. The number of aliphatic hydroxyl groups excluding tert-OH is 1. The molecule has 0 spiro atoms. The summed E-state index contributed by atoms with van der Waals surface area (Å²) in [7, 11) is 0. The predicted molar refractivity (Wildman–Crippen MR) is 174 cm³/mol. The quantitative estimate of drug-likeness (QED) is 0.0932. The lowest BCUT2D eigenvalue weighted by molar-refractivity contribution is -0.150. The number of ether oxygens (including phenoxy) is 4. The number of azide groups is 1. The van der Waals surface area contributed by atoms with Gasteiger partial charge in [0.2, 0.25) is 0 Å². The third-order valence-electron chi connectivity index (χ3n) is 8.10. The average molecular weight is 668 g/mol. The minimum absolute atomic E-state index is 0.146. The number of nitrogens with zero attached hydrogens (tertiary/aromatic N) is 3. The van der Waals surface area contributed by atoms with E-state index in [1.54, 1.807) is 13.8 Å². The molecule has 14 heteroatoms. The van der Waals surface area contributed by atoms with Crippen LogP contribution in [0.5, 0.6) is 0 Å². The summed E-state index contributed by atoms with van der Waals surface area (Å²) < 4.78 is 20.4. The Morgan fingerprint density at radius 3 is 1.67 bits per heavy atom. The van der Waals surface area contributed by atoms with Crippen LogP contribution in [0.25, 0.3) is 10.4 Å². The lowest BCUT2D eigenvalue weighted by Gasteiger charge is -2.32. The SMILES string of the molecule is CCOC(=O)[C@H]1CC[C@@H](O)[C@H](NC(=O)OCc2ccccc2)C1.CCOC(=O)[C@H]1CC[C@H](N=[N+]=[N-])[C@H](NC(=O)OCc2ccccc2)C1. The van der Waals surface area contributed by atoms with Crippen molar-refractivity contribution >= 4 is 24.1 Å². The fourth-order valence-electron chi connectivity index (χ4n) is 5.60. The average Bonchev–Trinajstić information content (AvgIpc) is 3.09. The molecule has 0 radical (unpaired) electrons. The Bertz CT molecular complexity index is 1360. The van der Waals surface area contributed by atoms with Crippen molar-refractivity contribution in [1.82, 2.24) is 10.6 Å². The van der Waals surface area contributed by atoms with Crippen LogP contribution in [0.1, 0.15) is 63.5 Å². The number of benzene rings is 2. The van der Waals surface area contributed by atoms with Crippen molar-refractivity contribution in [2.75, 3.05) is 13.2 Å². The first-order valence-electron chi connectivity index (χ1n) is 16.2. The van der Waals surface area contributed by atoms with Gasteiger partial charge in [0, 0.05) is 11.0 Å². The van der Waals surface area contributed by atoms with Crippen molar-refractivity contribution in [2.45, 2.75) is 89.8 Å². The van der Waals surface area contributed by atoms with Gasteiger partial charge in [-0.05, 0) is 69.0 Å². The molecular formula is C34H45N5O9. The van der Waals surface area contributed by atoms with E-state index < -0.39 is 36.4 Å². The number of nitrogens with one attached hydrogen (secondary N) is 2. The van der Waals surface area contributed by atoms with E-state index >= 15 is 0 Å². The highest BCUT2D eigenvalue weighted by molar-refractivity contribution is 5.74. The summed E-state index contributed by atoms with van der Waals surface area (Å²) in [6.07, 6.45) is 0.953. The smallest absolute Gasteiger partial charge is 0.407 e. The van der Waals surface area contributed by atoms with Gasteiger partial charge in [-0.15, -0.1) is 0 Å². The topological polar surface area (TPSA) is 198 Å². The molecule has 4 rings (SSSR count). The summed E-state index contributed by atoms with van der Waals surface area (Å²) >= 11 is 0. The van der Waals surface area contributed by atoms with E-state index in [1.165, 1.54) is 0 Å². The first-order chi connectivity index (χ1) is 23.2. The third-order valence-corrected chi connectivity index (χ3v) is 8.10. The standard InChI is InChI=1S/C17H22N4O4.C17H23NO5/c1-2-24-16(22)13-8-9-14(20-21-18)15(10-13)19-17(23)25-11-12-6-4-3-5-7-12;1-2-22-16(20)13-8-9-15(19)14(10-13)18-17(21)23-11-12-6-4-3-5-7-12/h3-7,13-15H,2,8-11H2,1H3,(H,19,23);3-7,13-15,19H,2,8-11H2,1H3,(H,18,21)/t13-,14-,15+;13-,14+,15+/m00/s1. The van der Waals surface area contributed by atoms with Crippen LogP contribution in [-0.2, 0) is 41.8 Å². The van der Waals surface area contributed by atoms with Crippen LogP contribution in [0.4, 0.5) is 9.59 Å². The maximum Gasteiger partial charge on any atom is 0.407 e. The van der Waals surface area contributed by atoms with Crippen molar-refractivity contribution in [2.24, 2.45) is 17.0 Å². The zero-order chi connectivity index (χ0) is 34.7. The fourth-order valence-corrected chi connectivity index (χ4v) is 5.60. The molecule has 2 aromatic carbocycles. The highest BCUT2D eigenvalue weighted by Gasteiger charge is 2.36. The Balaban J connectivity index is 0.000000261. The Morgan fingerprint density at radius 2 is 1.19 bits per heavy atom. The van der Waals surface area contributed by atoms with Crippen LogP contribution in [-0.4, -0.2) is 66.7 Å². The summed E-state index contributed by atoms with van der Waals surface area (Å²) in [5.74, 6) is -1.17. The van der Waals surface area contributed by atoms with Crippen molar-refractivity contribution in [3.8, 4) is 0 Å². The van der Waals surface area contributed by atoms with Crippen LogP contribution >= 0.6 is 0 Å². The van der Waals surface area contributed by atoms with Gasteiger partial charge in [0.1, 0.15) is 13.2 Å². The van der Waals surface area contributed by atoms with Gasteiger partial charge in [0.05, 0.1) is 43.2 Å². The predicted octanol–water partition coefficient (Wildman–Crippen LogP) is 5.33. The van der Waals surface area contributed by atoms with Crippen molar-refractivity contribution in [3.63, 3.8) is 0 Å². The van der Waals surface area contributed by atoms with Gasteiger partial charge in [0.15, 0.2) is 0 Å². The molecule has 0 aliphatic heterocycles. The lowest BCUT2D eigenvalue weighted by atomic mass is 9.82. The minimum Gasteiger partial charge on any atom is -0.466 e. The second kappa shape index (κ2) is 20.4. The van der Waals surface area contributed by atoms with E-state index in [9.17, 15) is 24.3 Å². The van der Waals surface area contributed by atoms with Gasteiger partial charge in [-0.25, -0.2) is 9.59 Å². The summed E-state index contributed by atoms with van der Waals surface area (Å²) in [5.41, 5.74) is 10.5. The molecule has 2 saturated carbocycles. The van der Waals surface area contributed by atoms with E-state index in [4.69, 9.17) is 24.5 Å². The summed E-state index contributed by atoms with van der Waals surface area (Å²) in [6, 6.07) is 17.3. The van der Waals surface area contributed by atoms with Crippen LogP contribution < -0.4 is 10.6 Å². The van der Waals surface area contributed by atoms with E-state index in [0.717, 1.165) is 11.1 Å². The molecule has 48 heavy (non-hydrogen) atoms. The van der Waals surface area contributed by atoms with Gasteiger partial charge in [-0.3, -0.25) is 9.59 Å². The summed E-state index contributed by atoms with van der Waals surface area (Å²) in [4.78, 5) is 50.5. The number of amides is 2. The molecule has 0 saturated heterocycles. The number of carbonyl (C=O) groups is 4.